The molecule has 0 radical (unpaired) electrons. The summed E-state index contributed by atoms with van der Waals surface area (Å²) in [5, 5.41) is 0. The predicted octanol–water partition coefficient (Wildman–Crippen LogP) is 7.01. The molecule has 0 spiro atoms. The highest BCUT2D eigenvalue weighted by molar-refractivity contribution is 5.69. The van der Waals surface area contributed by atoms with E-state index in [0.29, 0.717) is 19.6 Å². The molecule has 0 rings (SSSR count). The fourth-order valence-corrected chi connectivity index (χ4v) is 3.68. The molecule has 0 aromatic carbocycles. The number of hydrogen-bond donors (Lipinski definition) is 0. The smallest absolute Gasteiger partial charge is 0.305 e. The van der Waals surface area contributed by atoms with Crippen LogP contribution in [0.15, 0.2) is 36.5 Å². The maximum absolute atomic E-state index is 11.8. The molecule has 0 heterocycles. The van der Waals surface area contributed by atoms with Crippen molar-refractivity contribution in [2.24, 2.45) is 0 Å². The average Bonchev–Trinajstić information content (AvgIpc) is 2.81. The van der Waals surface area contributed by atoms with Crippen molar-refractivity contribution >= 4 is 5.97 Å². The van der Waals surface area contributed by atoms with E-state index in [-0.39, 0.29) is 5.97 Å². The molecule has 0 aromatic heterocycles. The van der Waals surface area contributed by atoms with E-state index >= 15 is 0 Å². The monoisotopic (exact) mass is 450 g/mol. The molecule has 0 bridgehead atoms. The van der Waals surface area contributed by atoms with Crippen LogP contribution in [0.1, 0.15) is 91.9 Å². The van der Waals surface area contributed by atoms with Crippen LogP contribution in [-0.2, 0) is 14.3 Å². The van der Waals surface area contributed by atoms with Crippen LogP contribution < -0.4 is 0 Å². The Hall–Kier alpha value is -1.39. The van der Waals surface area contributed by atoms with Crippen molar-refractivity contribution in [2.45, 2.75) is 91.9 Å². The van der Waals surface area contributed by atoms with Gasteiger partial charge in [-0.1, -0.05) is 62.6 Å². The summed E-state index contributed by atoms with van der Waals surface area (Å²) in [5.74, 6) is -0.0874. The topological polar surface area (TPSA) is 35.5 Å². The van der Waals surface area contributed by atoms with Gasteiger partial charge in [0.15, 0.2) is 0 Å². The second kappa shape index (κ2) is 22.8. The summed E-state index contributed by atoms with van der Waals surface area (Å²) >= 11 is 0. The number of rotatable bonds is 22. The number of likely N-dealkylation sites (N-methyl/N-ethyl adjacent to an activating group) is 1. The molecule has 0 saturated carbocycles. The first-order valence-electron chi connectivity index (χ1n) is 13.2. The van der Waals surface area contributed by atoms with Crippen molar-refractivity contribution in [1.29, 1.82) is 0 Å². The number of quaternary nitrogens is 1. The van der Waals surface area contributed by atoms with Gasteiger partial charge in [-0.15, -0.1) is 0 Å². The Balaban J connectivity index is 3.46. The second-order valence-corrected chi connectivity index (χ2v) is 8.45. The Kier molecular flexibility index (Phi) is 21.8. The number of allylic oxidation sites excluding steroid dienone is 6. The van der Waals surface area contributed by atoms with Gasteiger partial charge in [0.1, 0.15) is 13.2 Å². The fraction of sp³-hybridized carbons (Fsp3) is 0.750. The molecule has 0 saturated heterocycles. The van der Waals surface area contributed by atoms with Crippen molar-refractivity contribution in [3.8, 4) is 0 Å². The van der Waals surface area contributed by atoms with Gasteiger partial charge in [0, 0.05) is 6.42 Å². The van der Waals surface area contributed by atoms with Gasteiger partial charge in [0.2, 0.25) is 0 Å². The minimum Gasteiger partial charge on any atom is -0.463 e. The molecule has 0 aliphatic carbocycles. The van der Waals surface area contributed by atoms with Crippen molar-refractivity contribution in [3.05, 3.63) is 36.5 Å². The Labute approximate surface area is 199 Å². The molecule has 0 aliphatic rings. The number of unbranched alkanes of at least 4 members (excludes halogenated alkanes) is 5. The lowest BCUT2D eigenvalue weighted by Gasteiger charge is -2.35. The number of esters is 1. The molecule has 4 heteroatoms. The van der Waals surface area contributed by atoms with Gasteiger partial charge in [-0.3, -0.25) is 4.79 Å². The molecule has 0 atom stereocenters. The zero-order valence-electron chi connectivity index (χ0n) is 21.7. The number of carbonyl (C=O) groups is 1. The maximum atomic E-state index is 11.8. The third-order valence-corrected chi connectivity index (χ3v) is 6.24. The summed E-state index contributed by atoms with van der Waals surface area (Å²) in [6, 6.07) is 0. The molecule has 0 aliphatic heterocycles. The first-order chi connectivity index (χ1) is 15.6. The van der Waals surface area contributed by atoms with Crippen LogP contribution >= 0.6 is 0 Å². The molecule has 186 valence electrons. The Morgan fingerprint density at radius 1 is 0.688 bits per heavy atom. The van der Waals surface area contributed by atoms with Gasteiger partial charge in [-0.2, -0.15) is 0 Å². The summed E-state index contributed by atoms with van der Waals surface area (Å²) < 4.78 is 12.0. The van der Waals surface area contributed by atoms with Gasteiger partial charge in [0.05, 0.1) is 32.8 Å². The Morgan fingerprint density at radius 2 is 1.28 bits per heavy atom. The highest BCUT2D eigenvalue weighted by atomic mass is 16.6. The van der Waals surface area contributed by atoms with Crippen molar-refractivity contribution in [2.75, 3.05) is 46.0 Å². The van der Waals surface area contributed by atoms with Gasteiger partial charge in [-0.25, -0.2) is 0 Å². The van der Waals surface area contributed by atoms with Crippen LogP contribution in [0.2, 0.25) is 0 Å². The van der Waals surface area contributed by atoms with E-state index in [4.69, 9.17) is 9.47 Å². The van der Waals surface area contributed by atoms with E-state index in [2.05, 4.69) is 64.2 Å². The largest absolute Gasteiger partial charge is 0.463 e. The summed E-state index contributed by atoms with van der Waals surface area (Å²) in [4.78, 5) is 11.8. The maximum Gasteiger partial charge on any atom is 0.305 e. The molecule has 0 fully saturated rings. The summed E-state index contributed by atoms with van der Waals surface area (Å²) in [6.45, 7) is 14.9. The Bertz CT molecular complexity index is 499. The first-order valence-corrected chi connectivity index (χ1v) is 13.2. The minimum atomic E-state index is -0.0874. The average molecular weight is 451 g/mol. The lowest BCUT2D eigenvalue weighted by Crippen LogP contribution is -2.49. The van der Waals surface area contributed by atoms with E-state index < -0.39 is 0 Å². The highest BCUT2D eigenvalue weighted by Gasteiger charge is 2.19. The van der Waals surface area contributed by atoms with Gasteiger partial charge >= 0.3 is 5.97 Å². The molecule has 0 N–H and O–H groups in total. The quantitative estimate of drug-likeness (QED) is 0.0770. The Morgan fingerprint density at radius 3 is 1.94 bits per heavy atom. The second-order valence-electron chi connectivity index (χ2n) is 8.45. The summed E-state index contributed by atoms with van der Waals surface area (Å²) in [5.41, 5.74) is 0. The van der Waals surface area contributed by atoms with Crippen LogP contribution in [0.3, 0.4) is 0 Å². The number of hydrogen-bond acceptors (Lipinski definition) is 3. The van der Waals surface area contributed by atoms with Crippen LogP contribution in [-0.4, -0.2) is 56.5 Å². The summed E-state index contributed by atoms with van der Waals surface area (Å²) in [6.07, 6.45) is 24.0. The molecule has 4 nitrogen and oxygen atoms in total. The standard InChI is InChI=1S/C28H52NO3/c1-5-9-10-11-12-13-14-15-16-17-18-19-20-21-22-23-28(30)32-27-26-31-25-24-29(6-2,7-3)8-4/h9-10,12-13,15-16H,5-8,11,14,17-27H2,1-4H3/q+1/b10-9-,13-12-,16-15-. The number of carbonyl (C=O) groups excluding carboxylic acids is 1. The number of nitrogens with zero attached hydrogens (tertiary/aromatic N) is 1. The van der Waals surface area contributed by atoms with Gasteiger partial charge < -0.3 is 14.0 Å². The van der Waals surface area contributed by atoms with Gasteiger partial charge in [-0.05, 0) is 59.3 Å². The van der Waals surface area contributed by atoms with Crippen molar-refractivity contribution in [3.63, 3.8) is 0 Å². The zero-order valence-corrected chi connectivity index (χ0v) is 21.7. The third-order valence-electron chi connectivity index (χ3n) is 6.24. The number of ether oxygens (including phenoxy) is 2. The van der Waals surface area contributed by atoms with Crippen molar-refractivity contribution in [1.82, 2.24) is 0 Å². The molecule has 0 amide bonds. The molecule has 0 aromatic rings. The molecule has 0 unspecified atom stereocenters. The van der Waals surface area contributed by atoms with E-state index in [1.165, 1.54) is 19.3 Å². The first kappa shape index (κ1) is 30.6. The van der Waals surface area contributed by atoms with E-state index in [1.54, 1.807) is 0 Å². The minimum absolute atomic E-state index is 0.0874. The lowest BCUT2D eigenvalue weighted by atomic mass is 10.1. The normalized spacial score (nSPS) is 12.5. The molecular formula is C28H52NO3+. The van der Waals surface area contributed by atoms with E-state index in [1.807, 2.05) is 0 Å². The van der Waals surface area contributed by atoms with Crippen molar-refractivity contribution < 1.29 is 18.8 Å². The van der Waals surface area contributed by atoms with Crippen LogP contribution in [0.4, 0.5) is 0 Å². The highest BCUT2D eigenvalue weighted by Crippen LogP contribution is 2.09. The SMILES string of the molecule is CC/C=C\C/C=C\C/C=C\CCCCCCCC(=O)OCCOCC[N+](CC)(CC)CC. The lowest BCUT2D eigenvalue weighted by molar-refractivity contribution is -0.923. The van der Waals surface area contributed by atoms with Crippen LogP contribution in [0.25, 0.3) is 0 Å². The van der Waals surface area contributed by atoms with Crippen LogP contribution in [0.5, 0.6) is 0 Å². The van der Waals surface area contributed by atoms with Gasteiger partial charge in [0.25, 0.3) is 0 Å². The third kappa shape index (κ3) is 18.2. The zero-order chi connectivity index (χ0) is 23.8. The fourth-order valence-electron chi connectivity index (χ4n) is 3.68. The predicted molar refractivity (Wildman–Crippen MR) is 138 cm³/mol. The van der Waals surface area contributed by atoms with Crippen LogP contribution in [0, 0.1) is 0 Å². The molecule has 32 heavy (non-hydrogen) atoms. The molecular weight excluding hydrogens is 398 g/mol. The van der Waals surface area contributed by atoms with E-state index in [9.17, 15) is 4.79 Å². The van der Waals surface area contributed by atoms with E-state index in [0.717, 1.165) is 75.8 Å². The summed E-state index contributed by atoms with van der Waals surface area (Å²) in [7, 11) is 0.